The van der Waals surface area contributed by atoms with Crippen LogP contribution < -0.4 is 8.73 Å². The van der Waals surface area contributed by atoms with Crippen molar-refractivity contribution >= 4 is 12.4 Å². The average Bonchev–Trinajstić information content (AvgIpc) is 0.918. The van der Waals surface area contributed by atoms with Crippen LogP contribution in [0.1, 0.15) is 0 Å². The molecule has 4 N–H and O–H groups in total. The molecule has 0 fully saturated rings. The second-order valence-electron chi connectivity index (χ2n) is 0.105. The fraction of sp³-hybridized carbons (Fsp3) is 0. The van der Waals surface area contributed by atoms with E-state index in [1.165, 1.54) is 0 Å². The monoisotopic (exact) mass is 174 g/mol. The molecule has 0 atom stereocenters. The van der Waals surface area contributed by atoms with Gasteiger partial charge in [-0.05, 0) is 0 Å². The van der Waals surface area contributed by atoms with Crippen molar-refractivity contribution in [2.24, 2.45) is 8.73 Å². The van der Waals surface area contributed by atoms with Gasteiger partial charge in [0, 0.05) is 0 Å². The van der Waals surface area contributed by atoms with Crippen LogP contribution in [0, 0.1) is 0 Å². The Labute approximate surface area is 40.1 Å². The molecule has 0 bridgehead atoms. The summed E-state index contributed by atoms with van der Waals surface area (Å²) in [4.78, 5) is 0. The Hall–Kier alpha value is 0.872. The summed E-state index contributed by atoms with van der Waals surface area (Å²) in [5.74, 6) is 0. The minimum absolute atomic E-state index is 0. The van der Waals surface area contributed by atoms with Crippen molar-refractivity contribution < 1.29 is 18.5 Å². The van der Waals surface area contributed by atoms with Gasteiger partial charge in [-0.3, -0.25) is 0 Å². The summed E-state index contributed by atoms with van der Waals surface area (Å²) >= 11 is -0.0500. The molecule has 0 saturated carbocycles. The first-order valence-corrected chi connectivity index (χ1v) is 2.16. The molecular weight excluding hydrogens is 170 g/mol. The molecule has 0 aromatic rings. The van der Waals surface area contributed by atoms with Crippen molar-refractivity contribution in [1.82, 2.24) is 0 Å². The Bertz CT molecular complexity index is 6.00. The molecule has 0 aromatic carbocycles. The predicted molar refractivity (Wildman–Crippen MR) is 15.6 cm³/mol. The molecule has 4 heavy (non-hydrogen) atoms. The van der Waals surface area contributed by atoms with Crippen LogP contribution in [0.25, 0.3) is 0 Å². The quantitative estimate of drug-likeness (QED) is 0.475. The third-order valence-electron chi connectivity index (χ3n) is 0. The first kappa shape index (κ1) is 8.86. The van der Waals surface area contributed by atoms with Crippen LogP contribution in [0.5, 0.6) is 0 Å². The van der Waals surface area contributed by atoms with Gasteiger partial charge in [-0.2, -0.15) is 0 Å². The van der Waals surface area contributed by atoms with Crippen molar-refractivity contribution in [3.8, 4) is 0 Å². The summed E-state index contributed by atoms with van der Waals surface area (Å²) in [6.07, 6.45) is 0. The molecule has 0 saturated heterocycles. The Kier molecular flexibility index (Phi) is 20.2. The molecule has 0 rings (SSSR count). The SMILES string of the molecule is Cl.[NH2][Pd][NH2]. The molecule has 0 aliphatic carbocycles. The normalized spacial score (nSPS) is 5.50. The van der Waals surface area contributed by atoms with Gasteiger partial charge in [0.25, 0.3) is 0 Å². The van der Waals surface area contributed by atoms with Crippen LogP contribution in [0.4, 0.5) is 0 Å². The standard InChI is InChI=1S/ClH.2H2N.Pd/h1H;2*1H2;/q;2*-1;+2. The van der Waals surface area contributed by atoms with E-state index in [-0.39, 0.29) is 30.9 Å². The van der Waals surface area contributed by atoms with Gasteiger partial charge < -0.3 is 0 Å². The van der Waals surface area contributed by atoms with Crippen LogP contribution >= 0.6 is 12.4 Å². The van der Waals surface area contributed by atoms with Crippen molar-refractivity contribution in [2.75, 3.05) is 0 Å². The second-order valence-corrected chi connectivity index (χ2v) is 0.624. The molecule has 0 radical (unpaired) electrons. The second kappa shape index (κ2) is 9.11. The zero-order valence-electron chi connectivity index (χ0n) is 1.88. The Morgan fingerprint density at radius 3 is 1.25 bits per heavy atom. The van der Waals surface area contributed by atoms with Crippen molar-refractivity contribution in [3.63, 3.8) is 0 Å². The van der Waals surface area contributed by atoms with Crippen LogP contribution in [0.3, 0.4) is 0 Å². The van der Waals surface area contributed by atoms with Gasteiger partial charge in [0.2, 0.25) is 0 Å². The van der Waals surface area contributed by atoms with Gasteiger partial charge in [-0.15, -0.1) is 12.4 Å². The number of hydrogen-bond acceptors (Lipinski definition) is 2. The number of rotatable bonds is 0. The van der Waals surface area contributed by atoms with Crippen molar-refractivity contribution in [2.45, 2.75) is 0 Å². The number of halogens is 1. The van der Waals surface area contributed by atoms with Crippen LogP contribution in [0.15, 0.2) is 0 Å². The third-order valence-corrected chi connectivity index (χ3v) is 0. The molecule has 0 spiro atoms. The van der Waals surface area contributed by atoms with E-state index in [1.54, 1.807) is 0 Å². The topological polar surface area (TPSA) is 52.0 Å². The van der Waals surface area contributed by atoms with Crippen LogP contribution in [-0.2, 0) is 18.5 Å². The zero-order valence-corrected chi connectivity index (χ0v) is 4.25. The van der Waals surface area contributed by atoms with Gasteiger partial charge in [0.15, 0.2) is 0 Å². The van der Waals surface area contributed by atoms with E-state index in [0.717, 1.165) is 0 Å². The molecule has 0 heterocycles. The molecule has 4 heteroatoms. The summed E-state index contributed by atoms with van der Waals surface area (Å²) in [6, 6.07) is 0. The zero-order chi connectivity index (χ0) is 2.71. The molecule has 2 nitrogen and oxygen atoms in total. The molecule has 0 aromatic heterocycles. The van der Waals surface area contributed by atoms with Gasteiger partial charge in [0.1, 0.15) is 0 Å². The summed E-state index contributed by atoms with van der Waals surface area (Å²) < 4.78 is 9.35. The summed E-state index contributed by atoms with van der Waals surface area (Å²) in [5, 5.41) is 0. The molecule has 0 aliphatic rings. The maximum absolute atomic E-state index is 4.68. The first-order chi connectivity index (χ1) is 1.41. The van der Waals surface area contributed by atoms with E-state index in [4.69, 9.17) is 0 Å². The third kappa shape index (κ3) is 13.2. The average molecular weight is 175 g/mol. The Morgan fingerprint density at radius 2 is 1.25 bits per heavy atom. The van der Waals surface area contributed by atoms with E-state index in [9.17, 15) is 0 Å². The Morgan fingerprint density at radius 1 is 1.25 bits per heavy atom. The summed E-state index contributed by atoms with van der Waals surface area (Å²) in [5.41, 5.74) is 0. The van der Waals surface area contributed by atoms with Crippen LogP contribution in [0.2, 0.25) is 0 Å². The van der Waals surface area contributed by atoms with E-state index in [1.807, 2.05) is 0 Å². The van der Waals surface area contributed by atoms with E-state index >= 15 is 0 Å². The van der Waals surface area contributed by atoms with Crippen molar-refractivity contribution in [1.29, 1.82) is 0 Å². The molecule has 32 valence electrons. The van der Waals surface area contributed by atoms with Gasteiger partial charge in [-0.25, -0.2) is 0 Å². The molecule has 0 amide bonds. The van der Waals surface area contributed by atoms with E-state index in [0.29, 0.717) is 0 Å². The van der Waals surface area contributed by atoms with Gasteiger partial charge >= 0.3 is 27.2 Å². The number of nitrogens with two attached hydrogens (primary N) is 2. The van der Waals surface area contributed by atoms with Gasteiger partial charge in [-0.1, -0.05) is 0 Å². The molecule has 0 aliphatic heterocycles. The first-order valence-electron chi connectivity index (χ1n) is 0.365. The van der Waals surface area contributed by atoms with Gasteiger partial charge in [0.05, 0.1) is 0 Å². The number of hydrogen-bond donors (Lipinski definition) is 2. The molecule has 0 unspecified atom stereocenters. The maximum atomic E-state index is 4.68. The van der Waals surface area contributed by atoms with E-state index < -0.39 is 0 Å². The van der Waals surface area contributed by atoms with Crippen molar-refractivity contribution in [3.05, 3.63) is 0 Å². The fourth-order valence-electron chi connectivity index (χ4n) is 0. The Balaban J connectivity index is 0. The summed E-state index contributed by atoms with van der Waals surface area (Å²) in [6.45, 7) is 0. The molecular formula is H5ClN2Pd. The van der Waals surface area contributed by atoms with E-state index in [2.05, 4.69) is 8.73 Å². The summed E-state index contributed by atoms with van der Waals surface area (Å²) in [7, 11) is 0. The fourth-order valence-corrected chi connectivity index (χ4v) is 0. The predicted octanol–water partition coefficient (Wildman–Crippen LogP) is -0.762. The van der Waals surface area contributed by atoms with Crippen LogP contribution in [-0.4, -0.2) is 0 Å². The minimum atomic E-state index is -0.0500.